The molecule has 0 bridgehead atoms. The van der Waals surface area contributed by atoms with Crippen molar-refractivity contribution in [2.24, 2.45) is 0 Å². The minimum Gasteiger partial charge on any atom is -0.378 e. The molecule has 4 nitrogen and oxygen atoms in total. The first-order valence-corrected chi connectivity index (χ1v) is 8.17. The van der Waals surface area contributed by atoms with Crippen LogP contribution in [0.4, 0.5) is 0 Å². The second kappa shape index (κ2) is 7.36. The van der Waals surface area contributed by atoms with Gasteiger partial charge in [0.25, 0.3) is 0 Å². The van der Waals surface area contributed by atoms with Crippen LogP contribution < -0.4 is 5.32 Å². The van der Waals surface area contributed by atoms with Crippen LogP contribution in [0, 0.1) is 0 Å². The van der Waals surface area contributed by atoms with Gasteiger partial charge in [0.05, 0.1) is 19.3 Å². The van der Waals surface area contributed by atoms with E-state index in [9.17, 15) is 4.79 Å². The van der Waals surface area contributed by atoms with Gasteiger partial charge < -0.3 is 15.0 Å². The van der Waals surface area contributed by atoms with Gasteiger partial charge in [-0.05, 0) is 30.8 Å². The van der Waals surface area contributed by atoms with E-state index in [1.165, 1.54) is 24.3 Å². The SMILES string of the molecule is CC[C@H](NC1CCSCC1)C(=O)N1CCOCC1. The summed E-state index contributed by atoms with van der Waals surface area (Å²) >= 11 is 2.02. The van der Waals surface area contributed by atoms with Gasteiger partial charge in [-0.2, -0.15) is 11.8 Å². The van der Waals surface area contributed by atoms with E-state index in [0.717, 1.165) is 19.5 Å². The molecule has 2 aliphatic rings. The zero-order chi connectivity index (χ0) is 12.8. The van der Waals surface area contributed by atoms with Gasteiger partial charge in [-0.15, -0.1) is 0 Å². The van der Waals surface area contributed by atoms with Crippen molar-refractivity contribution < 1.29 is 9.53 Å². The van der Waals surface area contributed by atoms with Crippen molar-refractivity contribution in [3.63, 3.8) is 0 Å². The third-order valence-electron chi connectivity index (χ3n) is 3.69. The third-order valence-corrected chi connectivity index (χ3v) is 4.74. The second-order valence-corrected chi connectivity index (χ2v) is 6.18. The summed E-state index contributed by atoms with van der Waals surface area (Å²) in [6, 6.07) is 0.525. The smallest absolute Gasteiger partial charge is 0.239 e. The van der Waals surface area contributed by atoms with Gasteiger partial charge in [-0.3, -0.25) is 4.79 Å². The van der Waals surface area contributed by atoms with Gasteiger partial charge in [-0.25, -0.2) is 0 Å². The van der Waals surface area contributed by atoms with Crippen LogP contribution in [0.3, 0.4) is 0 Å². The van der Waals surface area contributed by atoms with Crippen LogP contribution in [0.15, 0.2) is 0 Å². The van der Waals surface area contributed by atoms with Crippen LogP contribution in [-0.2, 0) is 9.53 Å². The summed E-state index contributed by atoms with van der Waals surface area (Å²) < 4.78 is 5.30. The molecule has 0 spiro atoms. The second-order valence-electron chi connectivity index (χ2n) is 4.95. The van der Waals surface area contributed by atoms with E-state index in [2.05, 4.69) is 12.2 Å². The Labute approximate surface area is 114 Å². The molecule has 0 aliphatic carbocycles. The van der Waals surface area contributed by atoms with Crippen molar-refractivity contribution in [1.29, 1.82) is 0 Å². The average Bonchev–Trinajstić information content (AvgIpc) is 2.46. The van der Waals surface area contributed by atoms with Crippen LogP contribution in [0.5, 0.6) is 0 Å². The normalized spacial score (nSPS) is 23.9. The largest absolute Gasteiger partial charge is 0.378 e. The molecule has 104 valence electrons. The number of nitrogens with one attached hydrogen (secondary N) is 1. The fraction of sp³-hybridized carbons (Fsp3) is 0.923. The number of hydrogen-bond donors (Lipinski definition) is 1. The molecule has 2 aliphatic heterocycles. The molecule has 2 saturated heterocycles. The molecule has 5 heteroatoms. The lowest BCUT2D eigenvalue weighted by Gasteiger charge is -2.33. The summed E-state index contributed by atoms with van der Waals surface area (Å²) in [4.78, 5) is 14.4. The highest BCUT2D eigenvalue weighted by Gasteiger charge is 2.26. The molecule has 1 atom stereocenters. The van der Waals surface area contributed by atoms with E-state index in [1.54, 1.807) is 0 Å². The number of ether oxygens (including phenoxy) is 1. The van der Waals surface area contributed by atoms with Crippen molar-refractivity contribution in [2.75, 3.05) is 37.8 Å². The van der Waals surface area contributed by atoms with Crippen LogP contribution >= 0.6 is 11.8 Å². The Bertz CT molecular complexity index is 264. The van der Waals surface area contributed by atoms with Gasteiger partial charge in [0.1, 0.15) is 0 Å². The summed E-state index contributed by atoms with van der Waals surface area (Å²) in [6.45, 7) is 4.95. The molecule has 18 heavy (non-hydrogen) atoms. The summed E-state index contributed by atoms with van der Waals surface area (Å²) in [5.74, 6) is 2.71. The number of hydrogen-bond acceptors (Lipinski definition) is 4. The Morgan fingerprint density at radius 3 is 2.67 bits per heavy atom. The summed E-state index contributed by atoms with van der Waals surface area (Å²) in [5, 5.41) is 3.56. The molecule has 0 unspecified atom stereocenters. The van der Waals surface area contributed by atoms with Crippen LogP contribution in [-0.4, -0.2) is 60.7 Å². The fourth-order valence-corrected chi connectivity index (χ4v) is 3.62. The molecule has 1 N–H and O–H groups in total. The zero-order valence-corrected chi connectivity index (χ0v) is 12.0. The summed E-state index contributed by atoms with van der Waals surface area (Å²) in [7, 11) is 0. The number of morpholine rings is 1. The highest BCUT2D eigenvalue weighted by atomic mass is 32.2. The Balaban J connectivity index is 1.84. The van der Waals surface area contributed by atoms with Crippen LogP contribution in [0.1, 0.15) is 26.2 Å². The zero-order valence-electron chi connectivity index (χ0n) is 11.2. The first-order valence-electron chi connectivity index (χ1n) is 7.01. The van der Waals surface area contributed by atoms with E-state index in [-0.39, 0.29) is 11.9 Å². The Kier molecular flexibility index (Phi) is 5.79. The number of rotatable bonds is 4. The molecule has 2 heterocycles. The first kappa shape index (κ1) is 14.2. The summed E-state index contributed by atoms with van der Waals surface area (Å²) in [5.41, 5.74) is 0. The Morgan fingerprint density at radius 2 is 2.06 bits per heavy atom. The molecule has 0 aromatic rings. The lowest BCUT2D eigenvalue weighted by molar-refractivity contribution is -0.137. The fourth-order valence-electron chi connectivity index (χ4n) is 2.52. The van der Waals surface area contributed by atoms with Gasteiger partial charge in [-0.1, -0.05) is 6.92 Å². The van der Waals surface area contributed by atoms with Crippen molar-refractivity contribution >= 4 is 17.7 Å². The maximum absolute atomic E-state index is 12.4. The van der Waals surface area contributed by atoms with Gasteiger partial charge >= 0.3 is 0 Å². The quantitative estimate of drug-likeness (QED) is 0.832. The van der Waals surface area contributed by atoms with Crippen molar-refractivity contribution in [3.05, 3.63) is 0 Å². The molecular weight excluding hydrogens is 248 g/mol. The minimum absolute atomic E-state index is 0.00352. The molecule has 0 aromatic heterocycles. The van der Waals surface area contributed by atoms with E-state index >= 15 is 0 Å². The van der Waals surface area contributed by atoms with E-state index in [1.807, 2.05) is 16.7 Å². The minimum atomic E-state index is -0.00352. The maximum Gasteiger partial charge on any atom is 0.239 e. The highest BCUT2D eigenvalue weighted by Crippen LogP contribution is 2.18. The van der Waals surface area contributed by atoms with Crippen molar-refractivity contribution in [3.8, 4) is 0 Å². The van der Waals surface area contributed by atoms with Gasteiger partial charge in [0, 0.05) is 19.1 Å². The molecule has 2 fully saturated rings. The van der Waals surface area contributed by atoms with Gasteiger partial charge in [0.15, 0.2) is 0 Å². The molecule has 0 radical (unpaired) electrons. The monoisotopic (exact) mass is 272 g/mol. The Morgan fingerprint density at radius 1 is 1.39 bits per heavy atom. The van der Waals surface area contributed by atoms with E-state index in [4.69, 9.17) is 4.74 Å². The van der Waals surface area contributed by atoms with Crippen LogP contribution in [0.25, 0.3) is 0 Å². The number of amides is 1. The maximum atomic E-state index is 12.4. The standard InChI is InChI=1S/C13H24N2O2S/c1-2-12(14-11-3-9-18-10-4-11)13(16)15-5-7-17-8-6-15/h11-12,14H,2-10H2,1H3/t12-/m0/s1. The van der Waals surface area contributed by atoms with E-state index in [0.29, 0.717) is 19.3 Å². The number of thioether (sulfide) groups is 1. The molecule has 2 rings (SSSR count). The number of nitrogens with zero attached hydrogens (tertiary/aromatic N) is 1. The predicted molar refractivity (Wildman–Crippen MR) is 75.0 cm³/mol. The van der Waals surface area contributed by atoms with E-state index < -0.39 is 0 Å². The highest BCUT2D eigenvalue weighted by molar-refractivity contribution is 7.99. The molecular formula is C13H24N2O2S. The molecule has 0 saturated carbocycles. The lowest BCUT2D eigenvalue weighted by Crippen LogP contribution is -2.53. The van der Waals surface area contributed by atoms with Crippen molar-refractivity contribution in [2.45, 2.75) is 38.3 Å². The number of carbonyl (C=O) groups is 1. The average molecular weight is 272 g/mol. The van der Waals surface area contributed by atoms with Crippen molar-refractivity contribution in [1.82, 2.24) is 10.2 Å². The molecule has 1 amide bonds. The van der Waals surface area contributed by atoms with Gasteiger partial charge in [0.2, 0.25) is 5.91 Å². The summed E-state index contributed by atoms with van der Waals surface area (Å²) in [6.07, 6.45) is 3.26. The first-order chi connectivity index (χ1) is 8.81. The Hall–Kier alpha value is -0.260. The van der Waals surface area contributed by atoms with Crippen LogP contribution in [0.2, 0.25) is 0 Å². The number of carbonyl (C=O) groups excluding carboxylic acids is 1. The third kappa shape index (κ3) is 3.87. The molecule has 0 aromatic carbocycles. The lowest BCUT2D eigenvalue weighted by atomic mass is 10.1. The predicted octanol–water partition coefficient (Wildman–Crippen LogP) is 1.11. The topological polar surface area (TPSA) is 41.6 Å².